The molecule has 4 nitrogen and oxygen atoms in total. The van der Waals surface area contributed by atoms with Gasteiger partial charge in [0.2, 0.25) is 5.88 Å². The molecule has 0 fully saturated rings. The summed E-state index contributed by atoms with van der Waals surface area (Å²) >= 11 is 0. The van der Waals surface area contributed by atoms with Gasteiger partial charge in [0.1, 0.15) is 5.52 Å². The highest BCUT2D eigenvalue weighted by Gasteiger charge is 2.08. The first-order chi connectivity index (χ1) is 10.9. The summed E-state index contributed by atoms with van der Waals surface area (Å²) in [5.74, 6) is 0.656. The van der Waals surface area contributed by atoms with Gasteiger partial charge in [-0.25, -0.2) is 0 Å². The van der Waals surface area contributed by atoms with Crippen molar-refractivity contribution in [3.63, 3.8) is 0 Å². The number of para-hydroxylation sites is 1. The number of hydrogen-bond acceptors (Lipinski definition) is 3. The van der Waals surface area contributed by atoms with Crippen molar-refractivity contribution in [1.29, 1.82) is 0 Å². The minimum Gasteiger partial charge on any atom is -0.478 e. The number of fused-ring (bicyclic) bond motifs is 1. The van der Waals surface area contributed by atoms with Crippen LogP contribution in [0.4, 0.5) is 0 Å². The van der Waals surface area contributed by atoms with Gasteiger partial charge in [0, 0.05) is 6.08 Å². The van der Waals surface area contributed by atoms with Crippen molar-refractivity contribution in [2.75, 3.05) is 6.61 Å². The van der Waals surface area contributed by atoms with Gasteiger partial charge in [-0.05, 0) is 24.6 Å². The zero-order valence-corrected chi connectivity index (χ0v) is 12.4. The first kappa shape index (κ1) is 14.1. The third-order valence-electron chi connectivity index (χ3n) is 3.18. The second-order valence-corrected chi connectivity index (χ2v) is 4.70. The molecule has 0 saturated heterocycles. The van der Waals surface area contributed by atoms with Crippen LogP contribution >= 0.6 is 0 Å². The molecule has 22 heavy (non-hydrogen) atoms. The molecule has 4 heteroatoms. The molecule has 2 aromatic carbocycles. The Morgan fingerprint density at radius 2 is 1.86 bits per heavy atom. The van der Waals surface area contributed by atoms with Crippen LogP contribution in [0, 0.1) is 0 Å². The number of nitrogens with zero attached hydrogens (tertiary/aromatic N) is 3. The van der Waals surface area contributed by atoms with Crippen LogP contribution in [-0.2, 0) is 4.74 Å². The molecular formula is C18H17N3O. The van der Waals surface area contributed by atoms with E-state index in [2.05, 4.69) is 22.4 Å². The summed E-state index contributed by atoms with van der Waals surface area (Å²) in [6.45, 7) is 2.52. The highest BCUT2D eigenvalue weighted by Crippen LogP contribution is 2.16. The zero-order chi connectivity index (χ0) is 15.2. The third-order valence-corrected chi connectivity index (χ3v) is 3.18. The molecule has 1 aromatic heterocycles. The lowest BCUT2D eigenvalue weighted by molar-refractivity contribution is 0.273. The maximum Gasteiger partial charge on any atom is 0.216 e. The average Bonchev–Trinajstić information content (AvgIpc) is 2.99. The summed E-state index contributed by atoms with van der Waals surface area (Å²) in [7, 11) is 0. The van der Waals surface area contributed by atoms with E-state index >= 15 is 0 Å². The van der Waals surface area contributed by atoms with Crippen molar-refractivity contribution in [2.24, 2.45) is 0 Å². The SMILES string of the molecule is CCO/C(=C\C=C\c1ccccc1)n1nnc2ccccc21. The maximum absolute atomic E-state index is 5.70. The van der Waals surface area contributed by atoms with E-state index in [-0.39, 0.29) is 0 Å². The first-order valence-corrected chi connectivity index (χ1v) is 7.25. The lowest BCUT2D eigenvalue weighted by atomic mass is 10.2. The molecule has 0 N–H and O–H groups in total. The quantitative estimate of drug-likeness (QED) is 0.527. The molecule has 0 aliphatic rings. The third kappa shape index (κ3) is 3.06. The average molecular weight is 291 g/mol. The van der Waals surface area contributed by atoms with Crippen molar-refractivity contribution in [3.8, 4) is 0 Å². The van der Waals surface area contributed by atoms with Gasteiger partial charge >= 0.3 is 0 Å². The molecule has 3 aromatic rings. The summed E-state index contributed by atoms with van der Waals surface area (Å²) in [6, 6.07) is 17.9. The Bertz CT molecular complexity index is 803. The lowest BCUT2D eigenvalue weighted by Crippen LogP contribution is -2.03. The minimum atomic E-state index is 0.569. The molecule has 0 bridgehead atoms. The zero-order valence-electron chi connectivity index (χ0n) is 12.4. The normalized spacial score (nSPS) is 12.1. The molecule has 110 valence electrons. The van der Waals surface area contributed by atoms with Crippen LogP contribution in [0.25, 0.3) is 23.0 Å². The fraction of sp³-hybridized carbons (Fsp3) is 0.111. The van der Waals surface area contributed by atoms with Gasteiger partial charge in [-0.15, -0.1) is 5.10 Å². The van der Waals surface area contributed by atoms with E-state index in [1.807, 2.05) is 67.6 Å². The number of rotatable bonds is 5. The fourth-order valence-corrected chi connectivity index (χ4v) is 2.17. The molecule has 3 rings (SSSR count). The van der Waals surface area contributed by atoms with Gasteiger partial charge in [0.15, 0.2) is 0 Å². The summed E-state index contributed by atoms with van der Waals surface area (Å²) in [4.78, 5) is 0. The van der Waals surface area contributed by atoms with Crippen molar-refractivity contribution < 1.29 is 4.74 Å². The molecule has 0 unspecified atom stereocenters. The van der Waals surface area contributed by atoms with Gasteiger partial charge in [-0.2, -0.15) is 4.68 Å². The van der Waals surface area contributed by atoms with E-state index in [1.54, 1.807) is 4.68 Å². The molecule has 0 atom stereocenters. The number of aromatic nitrogens is 3. The van der Waals surface area contributed by atoms with Gasteiger partial charge in [0.05, 0.1) is 12.1 Å². The minimum absolute atomic E-state index is 0.569. The highest BCUT2D eigenvalue weighted by atomic mass is 16.5. The van der Waals surface area contributed by atoms with Crippen molar-refractivity contribution in [2.45, 2.75) is 6.92 Å². The van der Waals surface area contributed by atoms with Gasteiger partial charge in [-0.3, -0.25) is 0 Å². The number of hydrogen-bond donors (Lipinski definition) is 0. The number of allylic oxidation sites excluding steroid dienone is 2. The number of benzene rings is 2. The van der Waals surface area contributed by atoms with Gasteiger partial charge in [0.25, 0.3) is 0 Å². The topological polar surface area (TPSA) is 39.9 Å². The van der Waals surface area contributed by atoms with E-state index in [4.69, 9.17) is 4.74 Å². The predicted molar refractivity (Wildman–Crippen MR) is 88.9 cm³/mol. The molecule has 0 saturated carbocycles. The number of ether oxygens (including phenoxy) is 1. The second kappa shape index (κ2) is 6.72. The Balaban J connectivity index is 1.92. The standard InChI is InChI=1S/C18H17N3O/c1-2-22-18(14-8-11-15-9-4-3-5-10-15)21-17-13-7-6-12-16(17)19-20-21/h3-14H,2H2,1H3/b11-8+,18-14-. The van der Waals surface area contributed by atoms with E-state index in [1.165, 1.54) is 0 Å². The van der Waals surface area contributed by atoms with Crippen molar-refractivity contribution in [1.82, 2.24) is 15.0 Å². The molecule has 0 amide bonds. The van der Waals surface area contributed by atoms with Crippen LogP contribution < -0.4 is 0 Å². The molecule has 0 radical (unpaired) electrons. The molecule has 0 aliphatic carbocycles. The van der Waals surface area contributed by atoms with E-state index in [0.717, 1.165) is 16.6 Å². The highest BCUT2D eigenvalue weighted by molar-refractivity contribution is 5.77. The van der Waals surface area contributed by atoms with E-state index in [0.29, 0.717) is 12.5 Å². The van der Waals surface area contributed by atoms with Gasteiger partial charge < -0.3 is 4.74 Å². The molecule has 0 spiro atoms. The van der Waals surface area contributed by atoms with E-state index in [9.17, 15) is 0 Å². The van der Waals surface area contributed by atoms with Crippen LogP contribution in [0.15, 0.2) is 66.7 Å². The summed E-state index contributed by atoms with van der Waals surface area (Å²) < 4.78 is 7.42. The van der Waals surface area contributed by atoms with Crippen LogP contribution in [0.2, 0.25) is 0 Å². The molecular weight excluding hydrogens is 274 g/mol. The first-order valence-electron chi connectivity index (χ1n) is 7.25. The summed E-state index contributed by atoms with van der Waals surface area (Å²) in [6.07, 6.45) is 5.88. The monoisotopic (exact) mass is 291 g/mol. The Hall–Kier alpha value is -2.88. The predicted octanol–water partition coefficient (Wildman–Crippen LogP) is 3.98. The Morgan fingerprint density at radius 1 is 1.09 bits per heavy atom. The summed E-state index contributed by atoms with van der Waals surface area (Å²) in [5.41, 5.74) is 2.91. The van der Waals surface area contributed by atoms with Crippen molar-refractivity contribution in [3.05, 3.63) is 72.3 Å². The summed E-state index contributed by atoms with van der Waals surface area (Å²) in [5, 5.41) is 8.34. The molecule has 0 aliphatic heterocycles. The lowest BCUT2D eigenvalue weighted by Gasteiger charge is -2.07. The van der Waals surface area contributed by atoms with Crippen LogP contribution in [0.5, 0.6) is 0 Å². The van der Waals surface area contributed by atoms with E-state index < -0.39 is 0 Å². The molecule has 1 heterocycles. The Labute approximate surface area is 129 Å². The Morgan fingerprint density at radius 3 is 2.68 bits per heavy atom. The maximum atomic E-state index is 5.70. The fourth-order valence-electron chi connectivity index (χ4n) is 2.17. The van der Waals surface area contributed by atoms with Crippen LogP contribution in [0.1, 0.15) is 12.5 Å². The Kier molecular flexibility index (Phi) is 4.30. The second-order valence-electron chi connectivity index (χ2n) is 4.70. The largest absolute Gasteiger partial charge is 0.478 e. The van der Waals surface area contributed by atoms with Crippen LogP contribution in [0.3, 0.4) is 0 Å². The van der Waals surface area contributed by atoms with Gasteiger partial charge in [-0.1, -0.05) is 59.8 Å². The van der Waals surface area contributed by atoms with Crippen molar-refractivity contribution >= 4 is 23.0 Å². The smallest absolute Gasteiger partial charge is 0.216 e. The van der Waals surface area contributed by atoms with Crippen LogP contribution in [-0.4, -0.2) is 21.6 Å².